The number of likely N-dealkylation sites (N-methyl/N-ethyl adjacent to an activating group) is 1. The molecule has 0 amide bonds. The summed E-state index contributed by atoms with van der Waals surface area (Å²) in [5.41, 5.74) is 0.855. The van der Waals surface area contributed by atoms with Gasteiger partial charge in [-0.15, -0.1) is 10.2 Å². The van der Waals surface area contributed by atoms with Gasteiger partial charge in [0.2, 0.25) is 0 Å². The molecule has 0 radical (unpaired) electrons. The van der Waals surface area contributed by atoms with E-state index in [4.69, 9.17) is 11.6 Å². The van der Waals surface area contributed by atoms with Gasteiger partial charge in [-0.1, -0.05) is 16.1 Å². The van der Waals surface area contributed by atoms with Crippen molar-refractivity contribution < 1.29 is 0 Å². The van der Waals surface area contributed by atoms with Gasteiger partial charge in [-0.05, 0) is 32.0 Å². The molecule has 2 aromatic rings. The van der Waals surface area contributed by atoms with Crippen LogP contribution in [0.4, 0.5) is 5.82 Å². The number of aromatic nitrogens is 4. The zero-order chi connectivity index (χ0) is 14.7. The first-order valence-electron chi connectivity index (χ1n) is 6.93. The molecular weight excluding hydrogens is 308 g/mol. The van der Waals surface area contributed by atoms with Crippen molar-refractivity contribution in [3.63, 3.8) is 0 Å². The summed E-state index contributed by atoms with van der Waals surface area (Å²) in [6.07, 6.45) is 4.07. The molecule has 112 valence electrons. The fourth-order valence-electron chi connectivity index (χ4n) is 2.75. The van der Waals surface area contributed by atoms with E-state index in [0.29, 0.717) is 10.4 Å². The highest BCUT2D eigenvalue weighted by Gasteiger charge is 2.27. The van der Waals surface area contributed by atoms with E-state index in [-0.39, 0.29) is 0 Å². The number of halogens is 1. The molecule has 0 bridgehead atoms. The third kappa shape index (κ3) is 3.48. The third-order valence-corrected chi connectivity index (χ3v) is 4.67. The van der Waals surface area contributed by atoms with Gasteiger partial charge in [-0.3, -0.25) is 4.90 Å². The van der Waals surface area contributed by atoms with E-state index in [1.54, 1.807) is 6.20 Å². The lowest BCUT2D eigenvalue weighted by Crippen LogP contribution is -2.39. The number of rotatable bonds is 5. The second kappa shape index (κ2) is 6.64. The average molecular weight is 325 g/mol. The SMILES string of the molecule is CN(Cc1nnsc1Cl)C[C@@H]1CCCN1c1cccnn1. The van der Waals surface area contributed by atoms with Crippen molar-refractivity contribution in [2.24, 2.45) is 0 Å². The minimum atomic E-state index is 0.456. The van der Waals surface area contributed by atoms with Crippen molar-refractivity contribution in [2.75, 3.05) is 25.0 Å². The lowest BCUT2D eigenvalue weighted by Gasteiger charge is -2.28. The number of anilines is 1. The van der Waals surface area contributed by atoms with Crippen LogP contribution in [0.3, 0.4) is 0 Å². The van der Waals surface area contributed by atoms with Gasteiger partial charge in [0, 0.05) is 43.4 Å². The summed E-state index contributed by atoms with van der Waals surface area (Å²) in [4.78, 5) is 4.58. The van der Waals surface area contributed by atoms with E-state index in [9.17, 15) is 0 Å². The maximum Gasteiger partial charge on any atom is 0.151 e. The molecular formula is C13H17ClN6S. The van der Waals surface area contributed by atoms with E-state index < -0.39 is 0 Å². The van der Waals surface area contributed by atoms with Crippen LogP contribution in [0.2, 0.25) is 4.34 Å². The molecule has 2 aromatic heterocycles. The van der Waals surface area contributed by atoms with E-state index in [1.807, 2.05) is 12.1 Å². The Hall–Kier alpha value is -1.31. The summed E-state index contributed by atoms with van der Waals surface area (Å²) in [5, 5.41) is 12.3. The van der Waals surface area contributed by atoms with Crippen molar-refractivity contribution in [1.29, 1.82) is 0 Å². The summed E-state index contributed by atoms with van der Waals surface area (Å²) in [6, 6.07) is 4.41. The van der Waals surface area contributed by atoms with E-state index in [2.05, 4.69) is 36.6 Å². The first-order valence-corrected chi connectivity index (χ1v) is 8.09. The fourth-order valence-corrected chi connectivity index (χ4v) is 3.36. The molecule has 0 unspecified atom stereocenters. The van der Waals surface area contributed by atoms with E-state index in [1.165, 1.54) is 24.4 Å². The highest BCUT2D eigenvalue weighted by molar-refractivity contribution is 7.10. The number of hydrogen-bond donors (Lipinski definition) is 0. The maximum absolute atomic E-state index is 6.06. The molecule has 21 heavy (non-hydrogen) atoms. The molecule has 1 fully saturated rings. The van der Waals surface area contributed by atoms with Gasteiger partial charge in [0.1, 0.15) is 10.0 Å². The maximum atomic E-state index is 6.06. The predicted octanol–water partition coefficient (Wildman–Crippen LogP) is 2.08. The van der Waals surface area contributed by atoms with Gasteiger partial charge >= 0.3 is 0 Å². The van der Waals surface area contributed by atoms with E-state index >= 15 is 0 Å². The second-order valence-electron chi connectivity index (χ2n) is 5.26. The van der Waals surface area contributed by atoms with Gasteiger partial charge in [0.05, 0.1) is 0 Å². The Morgan fingerprint density at radius 3 is 3.10 bits per heavy atom. The third-order valence-electron chi connectivity index (χ3n) is 3.68. The Balaban J connectivity index is 1.62. The van der Waals surface area contributed by atoms with Crippen molar-refractivity contribution in [3.05, 3.63) is 28.4 Å². The summed E-state index contributed by atoms with van der Waals surface area (Å²) >= 11 is 7.30. The van der Waals surface area contributed by atoms with Crippen LogP contribution in [0.1, 0.15) is 18.5 Å². The molecule has 1 atom stereocenters. The Morgan fingerprint density at radius 1 is 1.48 bits per heavy atom. The Morgan fingerprint density at radius 2 is 2.38 bits per heavy atom. The highest BCUT2D eigenvalue weighted by atomic mass is 35.5. The Bertz CT molecular complexity index is 577. The first kappa shape index (κ1) is 14.6. The monoisotopic (exact) mass is 324 g/mol. The lowest BCUT2D eigenvalue weighted by atomic mass is 10.2. The summed E-state index contributed by atoms with van der Waals surface area (Å²) in [6.45, 7) is 2.71. The molecule has 1 aliphatic heterocycles. The van der Waals surface area contributed by atoms with Gasteiger partial charge in [-0.2, -0.15) is 5.10 Å². The zero-order valence-corrected chi connectivity index (χ0v) is 13.4. The second-order valence-corrected chi connectivity index (χ2v) is 6.62. The summed E-state index contributed by atoms with van der Waals surface area (Å²) in [5.74, 6) is 0.960. The summed E-state index contributed by atoms with van der Waals surface area (Å²) in [7, 11) is 2.09. The van der Waals surface area contributed by atoms with Crippen molar-refractivity contribution in [1.82, 2.24) is 24.7 Å². The normalized spacial score (nSPS) is 18.6. The molecule has 0 saturated carbocycles. The topological polar surface area (TPSA) is 58.0 Å². The van der Waals surface area contributed by atoms with Crippen LogP contribution in [0, 0.1) is 0 Å². The standard InChI is InChI=1S/C13H17ClN6S/c1-19(9-11-13(14)21-18-16-11)8-10-4-3-7-20(10)12-5-2-6-15-17-12/h2,5-6,10H,3-4,7-9H2,1H3/t10-/m0/s1. The first-order chi connectivity index (χ1) is 10.2. The summed E-state index contributed by atoms with van der Waals surface area (Å²) < 4.78 is 4.55. The van der Waals surface area contributed by atoms with Gasteiger partial charge < -0.3 is 4.90 Å². The van der Waals surface area contributed by atoms with Crippen LogP contribution < -0.4 is 4.90 Å². The van der Waals surface area contributed by atoms with Crippen LogP contribution >= 0.6 is 23.1 Å². The van der Waals surface area contributed by atoms with Gasteiger partial charge in [-0.25, -0.2) is 0 Å². The van der Waals surface area contributed by atoms with Crippen LogP contribution in [-0.2, 0) is 6.54 Å². The van der Waals surface area contributed by atoms with Crippen LogP contribution in [0.15, 0.2) is 18.3 Å². The van der Waals surface area contributed by atoms with Crippen LogP contribution in [0.25, 0.3) is 0 Å². The molecule has 8 heteroatoms. The quantitative estimate of drug-likeness (QED) is 0.839. The molecule has 0 aromatic carbocycles. The zero-order valence-electron chi connectivity index (χ0n) is 11.8. The molecule has 0 spiro atoms. The van der Waals surface area contributed by atoms with Crippen molar-refractivity contribution in [3.8, 4) is 0 Å². The molecule has 3 rings (SSSR count). The number of hydrogen-bond acceptors (Lipinski definition) is 7. The molecule has 1 saturated heterocycles. The molecule has 0 aliphatic carbocycles. The van der Waals surface area contributed by atoms with Crippen LogP contribution in [-0.4, -0.2) is 50.9 Å². The van der Waals surface area contributed by atoms with Gasteiger partial charge in [0.15, 0.2) is 5.82 Å². The Kier molecular flexibility index (Phi) is 4.62. The molecule has 0 N–H and O–H groups in total. The smallest absolute Gasteiger partial charge is 0.151 e. The highest BCUT2D eigenvalue weighted by Crippen LogP contribution is 2.24. The predicted molar refractivity (Wildman–Crippen MR) is 83.7 cm³/mol. The Labute approximate surface area is 132 Å². The van der Waals surface area contributed by atoms with Gasteiger partial charge in [0.25, 0.3) is 0 Å². The minimum absolute atomic E-state index is 0.456. The largest absolute Gasteiger partial charge is 0.351 e. The van der Waals surface area contributed by atoms with Crippen molar-refractivity contribution >= 4 is 29.0 Å². The average Bonchev–Trinajstić information content (AvgIpc) is 3.10. The molecule has 3 heterocycles. The van der Waals surface area contributed by atoms with Crippen LogP contribution in [0.5, 0.6) is 0 Å². The van der Waals surface area contributed by atoms with E-state index in [0.717, 1.165) is 31.1 Å². The molecule has 6 nitrogen and oxygen atoms in total. The molecule has 1 aliphatic rings. The number of nitrogens with zero attached hydrogens (tertiary/aromatic N) is 6. The minimum Gasteiger partial charge on any atom is -0.351 e. The van der Waals surface area contributed by atoms with Crippen molar-refractivity contribution in [2.45, 2.75) is 25.4 Å². The fraction of sp³-hybridized carbons (Fsp3) is 0.538. The lowest BCUT2D eigenvalue weighted by molar-refractivity contribution is 0.299.